The van der Waals surface area contributed by atoms with Gasteiger partial charge in [-0.15, -0.1) is 0 Å². The first kappa shape index (κ1) is 20.2. The van der Waals surface area contributed by atoms with Crippen molar-refractivity contribution in [3.63, 3.8) is 0 Å². The van der Waals surface area contributed by atoms with Crippen molar-refractivity contribution in [2.75, 3.05) is 18.5 Å². The van der Waals surface area contributed by atoms with E-state index in [1.165, 1.54) is 17.0 Å². The molecule has 4 rings (SSSR count). The Kier molecular flexibility index (Phi) is 5.53. The van der Waals surface area contributed by atoms with Crippen LogP contribution in [0.25, 0.3) is 0 Å². The van der Waals surface area contributed by atoms with E-state index in [1.54, 1.807) is 6.07 Å². The monoisotopic (exact) mass is 438 g/mol. The summed E-state index contributed by atoms with van der Waals surface area (Å²) in [5, 5.41) is 3.22. The van der Waals surface area contributed by atoms with Crippen molar-refractivity contribution >= 4 is 52.6 Å². The fourth-order valence-electron chi connectivity index (χ4n) is 4.89. The number of fused-ring (bicyclic) bond motifs is 5. The lowest BCUT2D eigenvalue weighted by Gasteiger charge is -2.19. The van der Waals surface area contributed by atoms with Crippen LogP contribution in [0.5, 0.6) is 0 Å². The normalized spacial score (nSPS) is 27.3. The van der Waals surface area contributed by atoms with Gasteiger partial charge in [-0.05, 0) is 49.3 Å². The Morgan fingerprint density at radius 1 is 1.10 bits per heavy atom. The molecule has 3 aliphatic rings. The fourth-order valence-corrected chi connectivity index (χ4v) is 5.23. The van der Waals surface area contributed by atoms with Gasteiger partial charge < -0.3 is 10.1 Å². The van der Waals surface area contributed by atoms with Crippen LogP contribution in [0.2, 0.25) is 10.0 Å². The Morgan fingerprint density at radius 2 is 1.76 bits per heavy atom. The predicted molar refractivity (Wildman–Crippen MR) is 105 cm³/mol. The van der Waals surface area contributed by atoms with Crippen LogP contribution in [-0.2, 0) is 23.9 Å². The van der Waals surface area contributed by atoms with E-state index in [4.69, 9.17) is 27.9 Å². The van der Waals surface area contributed by atoms with Crippen LogP contribution in [-0.4, -0.2) is 41.7 Å². The maximum atomic E-state index is 12.6. The number of likely N-dealkylation sites (tertiary alicyclic amines) is 1. The number of nitrogens with zero attached hydrogens (tertiary/aromatic N) is 1. The van der Waals surface area contributed by atoms with E-state index in [9.17, 15) is 19.2 Å². The van der Waals surface area contributed by atoms with E-state index in [2.05, 4.69) is 5.32 Å². The van der Waals surface area contributed by atoms with E-state index in [-0.39, 0.29) is 36.6 Å². The number of amides is 3. The number of halogens is 2. The van der Waals surface area contributed by atoms with Gasteiger partial charge in [0.15, 0.2) is 6.61 Å². The van der Waals surface area contributed by atoms with Gasteiger partial charge in [0.1, 0.15) is 0 Å². The third-order valence-corrected chi connectivity index (χ3v) is 6.69. The predicted octanol–water partition coefficient (Wildman–Crippen LogP) is 2.90. The summed E-state index contributed by atoms with van der Waals surface area (Å²) in [5.74, 6) is -1.33. The number of anilines is 1. The average Bonchev–Trinajstić information content (AvgIpc) is 3.36. The lowest BCUT2D eigenvalue weighted by Crippen LogP contribution is -2.35. The molecule has 0 spiro atoms. The number of rotatable bonds is 6. The van der Waals surface area contributed by atoms with E-state index in [0.717, 1.165) is 19.3 Å². The molecule has 2 bridgehead atoms. The van der Waals surface area contributed by atoms with Crippen molar-refractivity contribution in [2.45, 2.75) is 25.7 Å². The molecule has 0 radical (unpaired) electrons. The third kappa shape index (κ3) is 3.85. The molecule has 1 aromatic rings. The molecule has 7 nitrogen and oxygen atoms in total. The highest BCUT2D eigenvalue weighted by atomic mass is 35.5. The minimum atomic E-state index is -0.655. The van der Waals surface area contributed by atoms with Crippen molar-refractivity contribution < 1.29 is 23.9 Å². The molecule has 154 valence electrons. The first-order valence-electron chi connectivity index (χ1n) is 9.61. The second-order valence-corrected chi connectivity index (χ2v) is 8.64. The van der Waals surface area contributed by atoms with Crippen molar-refractivity contribution in [1.29, 1.82) is 0 Å². The molecule has 2 aliphatic carbocycles. The molecule has 1 saturated heterocycles. The summed E-state index contributed by atoms with van der Waals surface area (Å²) in [7, 11) is 0. The molecule has 1 aliphatic heterocycles. The summed E-state index contributed by atoms with van der Waals surface area (Å²) >= 11 is 11.8. The maximum absolute atomic E-state index is 12.6. The largest absolute Gasteiger partial charge is 0.456 e. The smallest absolute Gasteiger partial charge is 0.308 e. The van der Waals surface area contributed by atoms with Crippen LogP contribution in [0.3, 0.4) is 0 Å². The number of carbonyl (C=O) groups is 4. The number of benzene rings is 1. The lowest BCUT2D eigenvalue weighted by molar-refractivity contribution is -0.149. The van der Waals surface area contributed by atoms with Gasteiger partial charge in [0, 0.05) is 11.6 Å². The van der Waals surface area contributed by atoms with Crippen molar-refractivity contribution in [1.82, 2.24) is 4.90 Å². The zero-order valence-electron chi connectivity index (χ0n) is 15.5. The molecule has 2 saturated carbocycles. The molecule has 0 aromatic heterocycles. The second kappa shape index (κ2) is 7.95. The highest BCUT2D eigenvalue weighted by Gasteiger charge is 2.60. The average molecular weight is 439 g/mol. The van der Waals surface area contributed by atoms with Gasteiger partial charge >= 0.3 is 5.97 Å². The molecule has 3 amide bonds. The van der Waals surface area contributed by atoms with Gasteiger partial charge in [-0.3, -0.25) is 24.1 Å². The Labute approximate surface area is 177 Å². The number of hydrogen-bond donors (Lipinski definition) is 1. The van der Waals surface area contributed by atoms with E-state index in [0.29, 0.717) is 27.6 Å². The summed E-state index contributed by atoms with van der Waals surface area (Å²) in [6.07, 6.45) is 2.84. The zero-order valence-corrected chi connectivity index (χ0v) is 17.0. The number of imide groups is 1. The number of hydrogen-bond acceptors (Lipinski definition) is 5. The third-order valence-electron chi connectivity index (χ3n) is 6.13. The molecular formula is C20H20Cl2N2O5. The molecule has 1 N–H and O–H groups in total. The number of ether oxygens (including phenoxy) is 1. The molecular weight excluding hydrogens is 419 g/mol. The minimum absolute atomic E-state index is 0.00925. The van der Waals surface area contributed by atoms with Crippen LogP contribution in [0.15, 0.2) is 18.2 Å². The van der Waals surface area contributed by atoms with Crippen molar-refractivity contribution in [3.8, 4) is 0 Å². The highest BCUT2D eigenvalue weighted by Crippen LogP contribution is 2.56. The Hall–Kier alpha value is -2.12. The topological polar surface area (TPSA) is 92.8 Å². The quantitative estimate of drug-likeness (QED) is 0.544. The van der Waals surface area contributed by atoms with Gasteiger partial charge in [0.05, 0.1) is 29.0 Å². The summed E-state index contributed by atoms with van der Waals surface area (Å²) in [6, 6.07) is 4.61. The summed E-state index contributed by atoms with van der Waals surface area (Å²) in [4.78, 5) is 50.3. The lowest BCUT2D eigenvalue weighted by atomic mass is 9.81. The van der Waals surface area contributed by atoms with E-state index >= 15 is 0 Å². The van der Waals surface area contributed by atoms with Crippen LogP contribution in [0.1, 0.15) is 25.7 Å². The highest BCUT2D eigenvalue weighted by molar-refractivity contribution is 6.35. The number of carbonyl (C=O) groups excluding carboxylic acids is 4. The van der Waals surface area contributed by atoms with Crippen LogP contribution >= 0.6 is 23.2 Å². The SMILES string of the molecule is O=C(COC(=O)CCN1C(=O)[C@@H]2[C@H]3CC[C@@H](C3)[C@@H]2C1=O)Nc1cc(Cl)ccc1Cl. The number of nitrogens with one attached hydrogen (secondary N) is 1. The molecule has 29 heavy (non-hydrogen) atoms. The standard InChI is InChI=1S/C20H20Cl2N2O5/c21-12-3-4-13(22)14(8-12)23-15(25)9-29-16(26)5-6-24-19(27)17-10-1-2-11(7-10)18(17)20(24)28/h3-4,8,10-11,17-18H,1-2,5-7,9H2,(H,23,25)/t10-,11-,17-,18+/m0/s1. The Morgan fingerprint density at radius 3 is 2.41 bits per heavy atom. The van der Waals surface area contributed by atoms with Gasteiger partial charge in [-0.2, -0.15) is 0 Å². The van der Waals surface area contributed by atoms with E-state index < -0.39 is 18.5 Å². The molecule has 0 unspecified atom stereocenters. The first-order valence-corrected chi connectivity index (χ1v) is 10.4. The molecule has 1 aromatic carbocycles. The summed E-state index contributed by atoms with van der Waals surface area (Å²) in [5.41, 5.74) is 0.314. The van der Waals surface area contributed by atoms with Gasteiger partial charge in [-0.1, -0.05) is 23.2 Å². The minimum Gasteiger partial charge on any atom is -0.456 e. The summed E-state index contributed by atoms with van der Waals surface area (Å²) < 4.78 is 4.95. The van der Waals surface area contributed by atoms with Crippen molar-refractivity contribution in [2.24, 2.45) is 23.7 Å². The fraction of sp³-hybridized carbons (Fsp3) is 0.500. The first-order chi connectivity index (χ1) is 13.8. The molecule has 3 fully saturated rings. The Balaban J connectivity index is 1.24. The van der Waals surface area contributed by atoms with Crippen LogP contribution in [0.4, 0.5) is 5.69 Å². The molecule has 9 heteroatoms. The van der Waals surface area contributed by atoms with Crippen LogP contribution < -0.4 is 5.32 Å². The zero-order chi connectivity index (χ0) is 20.7. The van der Waals surface area contributed by atoms with Crippen LogP contribution in [0, 0.1) is 23.7 Å². The molecule has 1 heterocycles. The maximum Gasteiger partial charge on any atom is 0.308 e. The van der Waals surface area contributed by atoms with Gasteiger partial charge in [-0.25, -0.2) is 0 Å². The Bertz CT molecular complexity index is 862. The van der Waals surface area contributed by atoms with Crippen molar-refractivity contribution in [3.05, 3.63) is 28.2 Å². The number of esters is 1. The van der Waals surface area contributed by atoms with E-state index in [1.807, 2.05) is 0 Å². The summed E-state index contributed by atoms with van der Waals surface area (Å²) in [6.45, 7) is -0.510. The van der Waals surface area contributed by atoms with Gasteiger partial charge in [0.25, 0.3) is 5.91 Å². The van der Waals surface area contributed by atoms with Gasteiger partial charge in [0.2, 0.25) is 11.8 Å². The molecule has 4 atom stereocenters. The second-order valence-electron chi connectivity index (χ2n) is 7.80.